The summed E-state index contributed by atoms with van der Waals surface area (Å²) in [7, 11) is 1.98. The zero-order valence-corrected chi connectivity index (χ0v) is 6.88. The third-order valence-electron chi connectivity index (χ3n) is 2.25. The van der Waals surface area contributed by atoms with Crippen molar-refractivity contribution in [3.63, 3.8) is 0 Å². The number of aromatic nitrogens is 2. The van der Waals surface area contributed by atoms with Crippen molar-refractivity contribution in [3.05, 3.63) is 23.5 Å². The van der Waals surface area contributed by atoms with Gasteiger partial charge in [0.1, 0.15) is 5.69 Å². The topological polar surface area (TPSA) is 16.8 Å². The Labute approximate surface area is 66.9 Å². The standard InChI is InChI=1S/C9H13N2/c1-11-7-6-8-4-2-3-5-9(8)10-11/h6-7H,2-5H2,1H3/q+1. The minimum Gasteiger partial charge on any atom is -0.0938 e. The number of rotatable bonds is 0. The molecule has 1 heterocycles. The molecule has 2 heteroatoms. The number of hydrogen-bond acceptors (Lipinski definition) is 1. The lowest BCUT2D eigenvalue weighted by Crippen LogP contribution is -2.34. The lowest BCUT2D eigenvalue weighted by molar-refractivity contribution is -0.731. The Balaban J connectivity index is 2.43. The van der Waals surface area contributed by atoms with Crippen molar-refractivity contribution >= 4 is 0 Å². The molecule has 2 rings (SSSR count). The van der Waals surface area contributed by atoms with Crippen LogP contribution in [0.2, 0.25) is 0 Å². The molecular formula is C9H13N2+. The third-order valence-corrected chi connectivity index (χ3v) is 2.25. The fourth-order valence-electron chi connectivity index (χ4n) is 1.63. The molecule has 0 bridgehead atoms. The van der Waals surface area contributed by atoms with Crippen LogP contribution in [-0.4, -0.2) is 5.10 Å². The second-order valence-electron chi connectivity index (χ2n) is 3.17. The Bertz CT molecular complexity index is 268. The molecule has 0 aliphatic heterocycles. The van der Waals surface area contributed by atoms with Crippen molar-refractivity contribution in [1.29, 1.82) is 0 Å². The summed E-state index contributed by atoms with van der Waals surface area (Å²) in [6.45, 7) is 0. The third kappa shape index (κ3) is 1.25. The molecule has 11 heavy (non-hydrogen) atoms. The molecule has 0 aromatic carbocycles. The summed E-state index contributed by atoms with van der Waals surface area (Å²) in [5, 5.41) is 4.43. The first kappa shape index (κ1) is 6.77. The normalized spacial score (nSPS) is 16.1. The lowest BCUT2D eigenvalue weighted by atomic mass is 9.97. The molecule has 0 atom stereocenters. The molecule has 0 fully saturated rings. The smallest absolute Gasteiger partial charge is 0.0938 e. The monoisotopic (exact) mass is 149 g/mol. The van der Waals surface area contributed by atoms with E-state index in [-0.39, 0.29) is 0 Å². The van der Waals surface area contributed by atoms with Crippen LogP contribution in [0.15, 0.2) is 12.3 Å². The molecule has 0 saturated carbocycles. The van der Waals surface area contributed by atoms with E-state index in [1.807, 2.05) is 17.9 Å². The maximum Gasteiger partial charge on any atom is 0.196 e. The second kappa shape index (κ2) is 2.61. The van der Waals surface area contributed by atoms with E-state index in [0.717, 1.165) is 0 Å². The van der Waals surface area contributed by atoms with Crippen LogP contribution in [0.25, 0.3) is 0 Å². The van der Waals surface area contributed by atoms with Crippen LogP contribution in [0.5, 0.6) is 0 Å². The highest BCUT2D eigenvalue weighted by molar-refractivity contribution is 5.18. The Hall–Kier alpha value is -0.920. The van der Waals surface area contributed by atoms with Crippen LogP contribution in [0.4, 0.5) is 0 Å². The van der Waals surface area contributed by atoms with E-state index >= 15 is 0 Å². The fraction of sp³-hybridized carbons (Fsp3) is 0.556. The molecule has 1 aromatic heterocycles. The lowest BCUT2D eigenvalue weighted by Gasteiger charge is -2.10. The van der Waals surface area contributed by atoms with Gasteiger partial charge < -0.3 is 0 Å². The molecule has 2 nitrogen and oxygen atoms in total. The average Bonchev–Trinajstić information content (AvgIpc) is 2.04. The number of aryl methyl sites for hydroxylation is 3. The van der Waals surface area contributed by atoms with Gasteiger partial charge in [-0.25, -0.2) is 0 Å². The van der Waals surface area contributed by atoms with E-state index in [1.165, 1.54) is 36.9 Å². The van der Waals surface area contributed by atoms with Crippen LogP contribution in [0.1, 0.15) is 24.1 Å². The van der Waals surface area contributed by atoms with Gasteiger partial charge >= 0.3 is 0 Å². The van der Waals surface area contributed by atoms with Crippen molar-refractivity contribution < 1.29 is 4.68 Å². The van der Waals surface area contributed by atoms with Gasteiger partial charge in [-0.05, 0) is 36.3 Å². The largest absolute Gasteiger partial charge is 0.196 e. The molecule has 0 N–H and O–H groups in total. The predicted octanol–water partition coefficient (Wildman–Crippen LogP) is 0.785. The van der Waals surface area contributed by atoms with Crippen molar-refractivity contribution in [1.82, 2.24) is 5.10 Å². The summed E-state index contributed by atoms with van der Waals surface area (Å²) in [4.78, 5) is 0. The summed E-state index contributed by atoms with van der Waals surface area (Å²) >= 11 is 0. The van der Waals surface area contributed by atoms with Crippen molar-refractivity contribution in [3.8, 4) is 0 Å². The Morgan fingerprint density at radius 3 is 3.09 bits per heavy atom. The molecular weight excluding hydrogens is 136 g/mol. The van der Waals surface area contributed by atoms with Gasteiger partial charge in [0.15, 0.2) is 13.2 Å². The number of fused-ring (bicyclic) bond motifs is 1. The minimum absolute atomic E-state index is 1.17. The highest BCUT2D eigenvalue weighted by Gasteiger charge is 2.12. The van der Waals surface area contributed by atoms with Crippen LogP contribution in [-0.2, 0) is 19.9 Å². The van der Waals surface area contributed by atoms with E-state index in [0.29, 0.717) is 0 Å². The van der Waals surface area contributed by atoms with Crippen molar-refractivity contribution in [2.24, 2.45) is 7.05 Å². The summed E-state index contributed by atoms with van der Waals surface area (Å²) in [6, 6.07) is 2.20. The zero-order valence-electron chi connectivity index (χ0n) is 6.88. The quantitative estimate of drug-likeness (QED) is 0.498. The average molecular weight is 149 g/mol. The van der Waals surface area contributed by atoms with Gasteiger partial charge in [0, 0.05) is 6.07 Å². The first-order valence-corrected chi connectivity index (χ1v) is 4.21. The van der Waals surface area contributed by atoms with Gasteiger partial charge in [-0.2, -0.15) is 0 Å². The van der Waals surface area contributed by atoms with Gasteiger partial charge in [0.05, 0.1) is 0 Å². The molecule has 0 spiro atoms. The summed E-state index contributed by atoms with van der Waals surface area (Å²) < 4.78 is 1.89. The van der Waals surface area contributed by atoms with Crippen LogP contribution >= 0.6 is 0 Å². The molecule has 1 aliphatic rings. The summed E-state index contributed by atoms with van der Waals surface area (Å²) in [5.41, 5.74) is 2.76. The SMILES string of the molecule is C[n+]1ccc2c(n1)CCCC2. The molecule has 0 unspecified atom stereocenters. The first-order chi connectivity index (χ1) is 5.36. The summed E-state index contributed by atoms with van der Waals surface area (Å²) in [6.07, 6.45) is 7.07. The van der Waals surface area contributed by atoms with E-state index in [2.05, 4.69) is 11.2 Å². The summed E-state index contributed by atoms with van der Waals surface area (Å²) in [5.74, 6) is 0. The number of hydrogen-bond donors (Lipinski definition) is 0. The highest BCUT2D eigenvalue weighted by atomic mass is 15.2. The second-order valence-corrected chi connectivity index (χ2v) is 3.17. The van der Waals surface area contributed by atoms with E-state index in [1.54, 1.807) is 0 Å². The molecule has 1 aromatic rings. The number of nitrogens with zero attached hydrogens (tertiary/aromatic N) is 2. The van der Waals surface area contributed by atoms with Gasteiger partial charge in [-0.3, -0.25) is 0 Å². The minimum atomic E-state index is 1.17. The van der Waals surface area contributed by atoms with Crippen LogP contribution in [0.3, 0.4) is 0 Å². The van der Waals surface area contributed by atoms with Crippen molar-refractivity contribution in [2.75, 3.05) is 0 Å². The Morgan fingerprint density at radius 1 is 1.36 bits per heavy atom. The molecule has 0 saturated heterocycles. The van der Waals surface area contributed by atoms with Gasteiger partial charge in [-0.15, -0.1) is 0 Å². The Morgan fingerprint density at radius 2 is 2.18 bits per heavy atom. The van der Waals surface area contributed by atoms with Crippen LogP contribution in [0, 0.1) is 0 Å². The molecule has 1 aliphatic carbocycles. The van der Waals surface area contributed by atoms with E-state index in [4.69, 9.17) is 0 Å². The highest BCUT2D eigenvalue weighted by Crippen LogP contribution is 2.16. The Kier molecular flexibility index (Phi) is 1.60. The molecule has 58 valence electrons. The maximum atomic E-state index is 4.43. The maximum absolute atomic E-state index is 4.43. The molecule has 0 amide bonds. The van der Waals surface area contributed by atoms with E-state index in [9.17, 15) is 0 Å². The van der Waals surface area contributed by atoms with Gasteiger partial charge in [0.2, 0.25) is 0 Å². The predicted molar refractivity (Wildman–Crippen MR) is 42.1 cm³/mol. The van der Waals surface area contributed by atoms with Crippen molar-refractivity contribution in [2.45, 2.75) is 25.7 Å². The van der Waals surface area contributed by atoms with Gasteiger partial charge in [-0.1, -0.05) is 4.68 Å². The zero-order chi connectivity index (χ0) is 7.68. The van der Waals surface area contributed by atoms with Crippen LogP contribution < -0.4 is 4.68 Å². The van der Waals surface area contributed by atoms with E-state index < -0.39 is 0 Å². The first-order valence-electron chi connectivity index (χ1n) is 4.21. The molecule has 0 radical (unpaired) electrons. The van der Waals surface area contributed by atoms with Gasteiger partial charge in [0.25, 0.3) is 0 Å². The fourth-order valence-corrected chi connectivity index (χ4v) is 1.63.